The number of carbonyl (C=O) groups excluding carboxylic acids is 1. The van der Waals surface area contributed by atoms with Gasteiger partial charge in [0, 0.05) is 13.2 Å². The van der Waals surface area contributed by atoms with E-state index in [4.69, 9.17) is 9.84 Å². The van der Waals surface area contributed by atoms with Crippen LogP contribution < -0.4 is 5.32 Å². The van der Waals surface area contributed by atoms with Gasteiger partial charge in [-0.05, 0) is 36.9 Å². The Hall–Kier alpha value is -1.92. The molecule has 1 fully saturated rings. The van der Waals surface area contributed by atoms with Crippen molar-refractivity contribution in [1.29, 1.82) is 0 Å². The van der Waals surface area contributed by atoms with Gasteiger partial charge in [0.1, 0.15) is 6.04 Å². The van der Waals surface area contributed by atoms with Crippen molar-refractivity contribution in [3.05, 3.63) is 35.4 Å². The second-order valence-electron chi connectivity index (χ2n) is 6.06. The minimum absolute atomic E-state index is 0.130. The lowest BCUT2D eigenvalue weighted by atomic mass is 10.1. The monoisotopic (exact) mass is 334 g/mol. The number of benzene rings is 1. The van der Waals surface area contributed by atoms with E-state index in [9.17, 15) is 9.59 Å². The maximum Gasteiger partial charge on any atom is 0.320 e. The summed E-state index contributed by atoms with van der Waals surface area (Å²) in [6, 6.07) is 7.33. The number of carboxylic acids is 1. The maximum absolute atomic E-state index is 12.1. The molecule has 1 aliphatic heterocycles. The average Bonchev–Trinajstić information content (AvgIpc) is 3.02. The van der Waals surface area contributed by atoms with Gasteiger partial charge in [-0.1, -0.05) is 31.2 Å². The zero-order valence-electron chi connectivity index (χ0n) is 14.2. The molecule has 0 aromatic heterocycles. The highest BCUT2D eigenvalue weighted by atomic mass is 16.5. The number of amides is 1. The number of rotatable bonds is 9. The fourth-order valence-electron chi connectivity index (χ4n) is 2.93. The molecule has 1 aromatic rings. The molecule has 0 bridgehead atoms. The van der Waals surface area contributed by atoms with E-state index >= 15 is 0 Å². The van der Waals surface area contributed by atoms with E-state index in [1.54, 1.807) is 4.90 Å². The van der Waals surface area contributed by atoms with Gasteiger partial charge in [0.2, 0.25) is 5.91 Å². The summed E-state index contributed by atoms with van der Waals surface area (Å²) in [6.45, 7) is 4.53. The normalized spacial score (nSPS) is 17.8. The first-order chi connectivity index (χ1) is 11.6. The van der Waals surface area contributed by atoms with Crippen LogP contribution in [0.4, 0.5) is 0 Å². The van der Waals surface area contributed by atoms with E-state index < -0.39 is 12.0 Å². The Morgan fingerprint density at radius 1 is 1.33 bits per heavy atom. The number of carboxylic acid groups (broad SMARTS) is 1. The molecule has 2 N–H and O–H groups in total. The van der Waals surface area contributed by atoms with Gasteiger partial charge in [-0.25, -0.2) is 0 Å². The number of aliphatic carboxylic acids is 1. The van der Waals surface area contributed by atoms with Crippen molar-refractivity contribution in [2.45, 2.75) is 45.4 Å². The zero-order valence-corrected chi connectivity index (χ0v) is 14.2. The minimum atomic E-state index is -0.848. The lowest BCUT2D eigenvalue weighted by Gasteiger charge is -2.20. The standard InChI is InChI=1S/C18H26N2O4/c1-2-10-24-13-15-7-4-3-6-14(15)11-19-17(21)12-20-9-5-8-16(20)18(22)23/h3-4,6-7,16H,2,5,8-13H2,1H3,(H,19,21)(H,22,23). The first-order valence-corrected chi connectivity index (χ1v) is 8.50. The predicted octanol–water partition coefficient (Wildman–Crippen LogP) is 1.78. The molecule has 0 aliphatic carbocycles. The number of ether oxygens (including phenoxy) is 1. The SMILES string of the molecule is CCCOCc1ccccc1CNC(=O)CN1CCCC1C(=O)O. The van der Waals surface area contributed by atoms with E-state index in [1.165, 1.54) is 0 Å². The Labute approximate surface area is 142 Å². The van der Waals surface area contributed by atoms with Crippen LogP contribution in [0.1, 0.15) is 37.3 Å². The third-order valence-corrected chi connectivity index (χ3v) is 4.20. The Bertz CT molecular complexity index is 562. The molecule has 24 heavy (non-hydrogen) atoms. The number of nitrogens with zero attached hydrogens (tertiary/aromatic N) is 1. The third-order valence-electron chi connectivity index (χ3n) is 4.20. The van der Waals surface area contributed by atoms with Crippen LogP contribution in [-0.4, -0.2) is 47.6 Å². The van der Waals surface area contributed by atoms with E-state index in [0.29, 0.717) is 32.7 Å². The molecule has 0 spiro atoms. The van der Waals surface area contributed by atoms with E-state index in [2.05, 4.69) is 12.2 Å². The van der Waals surface area contributed by atoms with Crippen molar-refractivity contribution < 1.29 is 19.4 Å². The smallest absolute Gasteiger partial charge is 0.320 e. The summed E-state index contributed by atoms with van der Waals surface area (Å²) >= 11 is 0. The van der Waals surface area contributed by atoms with Gasteiger partial charge in [0.05, 0.1) is 13.2 Å². The Kier molecular flexibility index (Phi) is 7.21. The van der Waals surface area contributed by atoms with Crippen LogP contribution in [0.15, 0.2) is 24.3 Å². The topological polar surface area (TPSA) is 78.9 Å². The van der Waals surface area contributed by atoms with Gasteiger partial charge in [0.15, 0.2) is 0 Å². The van der Waals surface area contributed by atoms with Gasteiger partial charge >= 0.3 is 5.97 Å². The van der Waals surface area contributed by atoms with Gasteiger partial charge in [0.25, 0.3) is 0 Å². The summed E-state index contributed by atoms with van der Waals surface area (Å²) in [4.78, 5) is 25.0. The molecule has 6 heteroatoms. The lowest BCUT2D eigenvalue weighted by Crippen LogP contribution is -2.42. The van der Waals surface area contributed by atoms with Crippen LogP contribution in [-0.2, 0) is 27.5 Å². The fourth-order valence-corrected chi connectivity index (χ4v) is 2.93. The molecular weight excluding hydrogens is 308 g/mol. The number of carbonyl (C=O) groups is 2. The fraction of sp³-hybridized carbons (Fsp3) is 0.556. The van der Waals surface area contributed by atoms with Crippen LogP contribution in [0.2, 0.25) is 0 Å². The van der Waals surface area contributed by atoms with Crippen LogP contribution in [0, 0.1) is 0 Å². The summed E-state index contributed by atoms with van der Waals surface area (Å²) in [7, 11) is 0. The van der Waals surface area contributed by atoms with Crippen LogP contribution in [0.5, 0.6) is 0 Å². The van der Waals surface area contributed by atoms with Crippen molar-refractivity contribution in [3.8, 4) is 0 Å². The number of nitrogens with one attached hydrogen (secondary N) is 1. The van der Waals surface area contributed by atoms with Crippen LogP contribution >= 0.6 is 0 Å². The molecule has 1 amide bonds. The van der Waals surface area contributed by atoms with E-state index in [0.717, 1.165) is 24.0 Å². The molecule has 1 heterocycles. The highest BCUT2D eigenvalue weighted by Crippen LogP contribution is 2.16. The number of hydrogen-bond acceptors (Lipinski definition) is 4. The lowest BCUT2D eigenvalue weighted by molar-refractivity contribution is -0.142. The first-order valence-electron chi connectivity index (χ1n) is 8.50. The predicted molar refractivity (Wildman–Crippen MR) is 90.5 cm³/mol. The van der Waals surface area contributed by atoms with Crippen molar-refractivity contribution in [1.82, 2.24) is 10.2 Å². The average molecular weight is 334 g/mol. The molecular formula is C18H26N2O4. The molecule has 2 rings (SSSR count). The van der Waals surface area contributed by atoms with Crippen molar-refractivity contribution in [3.63, 3.8) is 0 Å². The summed E-state index contributed by atoms with van der Waals surface area (Å²) in [5.41, 5.74) is 2.09. The summed E-state index contributed by atoms with van der Waals surface area (Å²) in [5.74, 6) is -0.994. The van der Waals surface area contributed by atoms with Crippen LogP contribution in [0.3, 0.4) is 0 Å². The molecule has 132 valence electrons. The zero-order chi connectivity index (χ0) is 17.4. The van der Waals surface area contributed by atoms with E-state index in [-0.39, 0.29) is 12.5 Å². The molecule has 1 saturated heterocycles. The summed E-state index contributed by atoms with van der Waals surface area (Å²) < 4.78 is 5.58. The summed E-state index contributed by atoms with van der Waals surface area (Å²) in [5, 5.41) is 12.0. The third kappa shape index (κ3) is 5.32. The molecule has 6 nitrogen and oxygen atoms in total. The molecule has 1 aromatic carbocycles. The Morgan fingerprint density at radius 2 is 2.08 bits per heavy atom. The second-order valence-corrected chi connectivity index (χ2v) is 6.06. The molecule has 1 atom stereocenters. The Balaban J connectivity index is 1.84. The van der Waals surface area contributed by atoms with Crippen molar-refractivity contribution >= 4 is 11.9 Å². The molecule has 1 unspecified atom stereocenters. The Morgan fingerprint density at radius 3 is 2.79 bits per heavy atom. The second kappa shape index (κ2) is 9.39. The number of hydrogen-bond donors (Lipinski definition) is 2. The van der Waals surface area contributed by atoms with Crippen molar-refractivity contribution in [2.75, 3.05) is 19.7 Å². The first kappa shape index (κ1) is 18.4. The number of likely N-dealkylation sites (tertiary alicyclic amines) is 1. The van der Waals surface area contributed by atoms with Crippen molar-refractivity contribution in [2.24, 2.45) is 0 Å². The highest BCUT2D eigenvalue weighted by Gasteiger charge is 2.31. The largest absolute Gasteiger partial charge is 0.480 e. The van der Waals surface area contributed by atoms with Gasteiger partial charge in [-0.15, -0.1) is 0 Å². The quantitative estimate of drug-likeness (QED) is 0.673. The molecule has 0 saturated carbocycles. The van der Waals surface area contributed by atoms with Gasteiger partial charge in [-0.2, -0.15) is 0 Å². The highest BCUT2D eigenvalue weighted by molar-refractivity contribution is 5.80. The van der Waals surface area contributed by atoms with E-state index in [1.807, 2.05) is 24.3 Å². The molecule has 0 radical (unpaired) electrons. The summed E-state index contributed by atoms with van der Waals surface area (Å²) in [6.07, 6.45) is 2.40. The van der Waals surface area contributed by atoms with Gasteiger partial charge < -0.3 is 15.2 Å². The minimum Gasteiger partial charge on any atom is -0.480 e. The maximum atomic E-state index is 12.1. The van der Waals surface area contributed by atoms with Gasteiger partial charge in [-0.3, -0.25) is 14.5 Å². The van der Waals surface area contributed by atoms with Crippen LogP contribution in [0.25, 0.3) is 0 Å². The molecule has 1 aliphatic rings.